The van der Waals surface area contributed by atoms with Crippen LogP contribution in [0.3, 0.4) is 0 Å². The standard InChI is InChI=1S/C24H20ClNO6/c1-13-6-4-7-14(10-13)26-21(17-8-5-9-32-17)20(23(28)24(26)29)22(27)15-11-19(31-3)16(25)12-18(15)30-2/h4-12,21,27H,1-3H3/b22-20+. The van der Waals surface area contributed by atoms with Crippen molar-refractivity contribution < 1.29 is 28.6 Å². The largest absolute Gasteiger partial charge is 0.507 e. The molecule has 3 aromatic rings. The van der Waals surface area contributed by atoms with Crippen molar-refractivity contribution in [3.05, 3.63) is 82.3 Å². The van der Waals surface area contributed by atoms with Gasteiger partial charge in [-0.15, -0.1) is 0 Å². The van der Waals surface area contributed by atoms with E-state index >= 15 is 0 Å². The van der Waals surface area contributed by atoms with Gasteiger partial charge in [0.2, 0.25) is 0 Å². The number of ether oxygens (including phenoxy) is 2. The summed E-state index contributed by atoms with van der Waals surface area (Å²) < 4.78 is 16.2. The molecule has 1 amide bonds. The maximum absolute atomic E-state index is 13.2. The molecule has 1 aliphatic heterocycles. The molecule has 2 aromatic carbocycles. The second-order valence-electron chi connectivity index (χ2n) is 7.21. The molecule has 0 aliphatic carbocycles. The summed E-state index contributed by atoms with van der Waals surface area (Å²) in [5.41, 5.74) is 1.45. The number of rotatable bonds is 5. The highest BCUT2D eigenvalue weighted by Gasteiger charge is 2.48. The van der Waals surface area contributed by atoms with E-state index in [2.05, 4.69) is 0 Å². The molecule has 0 bridgehead atoms. The molecule has 1 aliphatic rings. The van der Waals surface area contributed by atoms with E-state index in [-0.39, 0.29) is 27.7 Å². The summed E-state index contributed by atoms with van der Waals surface area (Å²) in [6, 6.07) is 12.4. The minimum absolute atomic E-state index is 0.130. The fourth-order valence-corrected chi connectivity index (χ4v) is 4.01. The molecule has 1 N–H and O–H groups in total. The van der Waals surface area contributed by atoms with Crippen LogP contribution in [0, 0.1) is 6.92 Å². The Morgan fingerprint density at radius 2 is 1.81 bits per heavy atom. The van der Waals surface area contributed by atoms with Crippen LogP contribution in [0.25, 0.3) is 5.76 Å². The average Bonchev–Trinajstić information content (AvgIpc) is 3.40. The molecule has 1 fully saturated rings. The number of ketones is 1. The SMILES string of the molecule is COc1cc(/C(O)=C2\C(=O)C(=O)N(c3cccc(C)c3)C2c2ccco2)c(OC)cc1Cl. The number of aryl methyl sites for hydroxylation is 1. The lowest BCUT2D eigenvalue weighted by atomic mass is 9.98. The van der Waals surface area contributed by atoms with Gasteiger partial charge in [0.15, 0.2) is 0 Å². The molecule has 1 unspecified atom stereocenters. The van der Waals surface area contributed by atoms with Crippen LogP contribution in [0.2, 0.25) is 5.02 Å². The van der Waals surface area contributed by atoms with Gasteiger partial charge < -0.3 is 19.0 Å². The van der Waals surface area contributed by atoms with Crippen molar-refractivity contribution in [3.63, 3.8) is 0 Å². The minimum Gasteiger partial charge on any atom is -0.507 e. The summed E-state index contributed by atoms with van der Waals surface area (Å²) in [5, 5.41) is 11.5. The van der Waals surface area contributed by atoms with Crippen molar-refractivity contribution in [2.45, 2.75) is 13.0 Å². The number of hydrogen-bond acceptors (Lipinski definition) is 6. The van der Waals surface area contributed by atoms with Gasteiger partial charge in [-0.2, -0.15) is 0 Å². The second-order valence-corrected chi connectivity index (χ2v) is 7.62. The molecule has 2 heterocycles. The van der Waals surface area contributed by atoms with E-state index < -0.39 is 23.5 Å². The van der Waals surface area contributed by atoms with Crippen LogP contribution >= 0.6 is 11.6 Å². The predicted octanol–water partition coefficient (Wildman–Crippen LogP) is 4.88. The average molecular weight is 454 g/mol. The van der Waals surface area contributed by atoms with E-state index in [1.165, 1.54) is 37.5 Å². The molecular weight excluding hydrogens is 434 g/mol. The number of aliphatic hydroxyl groups is 1. The number of carbonyl (C=O) groups is 2. The first-order chi connectivity index (χ1) is 15.4. The summed E-state index contributed by atoms with van der Waals surface area (Å²) in [4.78, 5) is 27.6. The van der Waals surface area contributed by atoms with Gasteiger partial charge in [0.25, 0.3) is 11.7 Å². The van der Waals surface area contributed by atoms with Gasteiger partial charge in [0.05, 0.1) is 36.6 Å². The van der Waals surface area contributed by atoms with Crippen molar-refractivity contribution in [3.8, 4) is 11.5 Å². The van der Waals surface area contributed by atoms with Gasteiger partial charge in [-0.05, 0) is 42.8 Å². The maximum atomic E-state index is 13.2. The van der Waals surface area contributed by atoms with Crippen molar-refractivity contribution in [2.75, 3.05) is 19.1 Å². The zero-order valence-corrected chi connectivity index (χ0v) is 18.3. The molecule has 32 heavy (non-hydrogen) atoms. The van der Waals surface area contributed by atoms with Gasteiger partial charge >= 0.3 is 0 Å². The molecule has 1 aromatic heterocycles. The van der Waals surface area contributed by atoms with Gasteiger partial charge in [-0.1, -0.05) is 23.7 Å². The normalized spacial score (nSPS) is 17.6. The monoisotopic (exact) mass is 453 g/mol. The molecule has 164 valence electrons. The maximum Gasteiger partial charge on any atom is 0.300 e. The van der Waals surface area contributed by atoms with Crippen molar-refractivity contribution >= 4 is 34.7 Å². The third-order valence-electron chi connectivity index (χ3n) is 5.27. The Hall–Kier alpha value is -3.71. The van der Waals surface area contributed by atoms with Gasteiger partial charge in [0, 0.05) is 11.8 Å². The number of furan rings is 1. The number of aliphatic hydroxyl groups excluding tert-OH is 1. The number of methoxy groups -OCH3 is 2. The van der Waals surface area contributed by atoms with E-state index in [4.69, 9.17) is 25.5 Å². The number of benzene rings is 2. The summed E-state index contributed by atoms with van der Waals surface area (Å²) in [6.07, 6.45) is 1.44. The first kappa shape index (κ1) is 21.5. The number of carbonyl (C=O) groups excluding carboxylic acids is 2. The minimum atomic E-state index is -0.974. The molecule has 0 spiro atoms. The van der Waals surface area contributed by atoms with Crippen molar-refractivity contribution in [1.82, 2.24) is 0 Å². The molecular formula is C24H20ClNO6. The molecule has 0 radical (unpaired) electrons. The highest BCUT2D eigenvalue weighted by molar-refractivity contribution is 6.51. The topological polar surface area (TPSA) is 89.2 Å². The Morgan fingerprint density at radius 1 is 1.06 bits per heavy atom. The lowest BCUT2D eigenvalue weighted by molar-refractivity contribution is -0.132. The summed E-state index contributed by atoms with van der Waals surface area (Å²) in [5.74, 6) is -1.23. The fourth-order valence-electron chi connectivity index (χ4n) is 3.78. The van der Waals surface area contributed by atoms with Gasteiger partial charge in [-0.3, -0.25) is 14.5 Å². The van der Waals surface area contributed by atoms with Crippen LogP contribution in [0.5, 0.6) is 11.5 Å². The van der Waals surface area contributed by atoms with E-state index in [1.54, 1.807) is 30.3 Å². The van der Waals surface area contributed by atoms with E-state index in [1.807, 2.05) is 13.0 Å². The lowest BCUT2D eigenvalue weighted by Gasteiger charge is -2.24. The number of hydrogen-bond donors (Lipinski definition) is 1. The summed E-state index contributed by atoms with van der Waals surface area (Å²) >= 11 is 6.18. The fraction of sp³-hybridized carbons (Fsp3) is 0.167. The summed E-state index contributed by atoms with van der Waals surface area (Å²) in [6.45, 7) is 1.88. The van der Waals surface area contributed by atoms with E-state index in [0.717, 1.165) is 5.56 Å². The van der Waals surface area contributed by atoms with Crippen LogP contribution in [0.1, 0.15) is 22.9 Å². The molecule has 7 nitrogen and oxygen atoms in total. The van der Waals surface area contributed by atoms with Crippen LogP contribution < -0.4 is 14.4 Å². The lowest BCUT2D eigenvalue weighted by Crippen LogP contribution is -2.29. The Balaban J connectivity index is 1.98. The zero-order valence-electron chi connectivity index (χ0n) is 17.6. The number of amides is 1. The number of Topliss-reactive ketones (excluding diaryl/α,β-unsaturated/α-hetero) is 1. The number of anilines is 1. The van der Waals surface area contributed by atoms with Crippen LogP contribution in [0.4, 0.5) is 5.69 Å². The predicted molar refractivity (Wildman–Crippen MR) is 119 cm³/mol. The van der Waals surface area contributed by atoms with Crippen LogP contribution in [-0.4, -0.2) is 31.0 Å². The van der Waals surface area contributed by atoms with Gasteiger partial charge in [0.1, 0.15) is 29.1 Å². The smallest absolute Gasteiger partial charge is 0.300 e. The Bertz CT molecular complexity index is 1230. The van der Waals surface area contributed by atoms with E-state index in [9.17, 15) is 14.7 Å². The zero-order chi connectivity index (χ0) is 23.0. The highest BCUT2D eigenvalue weighted by Crippen LogP contribution is 2.44. The Labute approximate surface area is 189 Å². The molecule has 0 saturated carbocycles. The third kappa shape index (κ3) is 3.50. The number of halogens is 1. The first-order valence-corrected chi connectivity index (χ1v) is 10.1. The molecule has 4 rings (SSSR count). The van der Waals surface area contributed by atoms with Gasteiger partial charge in [-0.25, -0.2) is 0 Å². The van der Waals surface area contributed by atoms with Crippen LogP contribution in [-0.2, 0) is 9.59 Å². The third-order valence-corrected chi connectivity index (χ3v) is 5.56. The second kappa shape index (κ2) is 8.43. The highest BCUT2D eigenvalue weighted by atomic mass is 35.5. The Morgan fingerprint density at radius 3 is 2.44 bits per heavy atom. The number of nitrogens with zero attached hydrogens (tertiary/aromatic N) is 1. The van der Waals surface area contributed by atoms with Crippen molar-refractivity contribution in [1.29, 1.82) is 0 Å². The van der Waals surface area contributed by atoms with Crippen LogP contribution in [0.15, 0.2) is 64.8 Å². The van der Waals surface area contributed by atoms with Crippen molar-refractivity contribution in [2.24, 2.45) is 0 Å². The molecule has 1 atom stereocenters. The molecule has 1 saturated heterocycles. The molecule has 8 heteroatoms. The van der Waals surface area contributed by atoms with E-state index in [0.29, 0.717) is 11.4 Å². The summed E-state index contributed by atoms with van der Waals surface area (Å²) in [7, 11) is 2.83. The Kier molecular flexibility index (Phi) is 5.67. The first-order valence-electron chi connectivity index (χ1n) is 9.70. The quantitative estimate of drug-likeness (QED) is 0.336.